The van der Waals surface area contributed by atoms with Crippen LogP contribution in [0.15, 0.2) is 41.4 Å². The number of nitriles is 1. The maximum absolute atomic E-state index is 14.7. The number of allylic oxidation sites excluding steroid dienone is 2. The van der Waals surface area contributed by atoms with Crippen LogP contribution >= 0.6 is 46.4 Å². The number of anilines is 2. The van der Waals surface area contributed by atoms with E-state index in [1.165, 1.54) is 10.6 Å². The maximum atomic E-state index is 14.7. The highest BCUT2D eigenvalue weighted by Crippen LogP contribution is 2.47. The monoisotopic (exact) mass is 717 g/mol. The number of nitrogens with zero attached hydrogens (tertiary/aromatic N) is 5. The molecule has 0 radical (unpaired) electrons. The Labute approximate surface area is 291 Å². The second-order valence-corrected chi connectivity index (χ2v) is 13.6. The number of carbonyl (C=O) groups excluding carboxylic acids is 1. The number of hydrogen-bond donors (Lipinski definition) is 2. The molecule has 5 rings (SSSR count). The number of nitrogens with one attached hydrogen (secondary N) is 1. The first-order valence-corrected chi connectivity index (χ1v) is 16.3. The molecule has 1 saturated heterocycles. The van der Waals surface area contributed by atoms with Crippen LogP contribution in [0.1, 0.15) is 40.2 Å². The number of benzene rings is 1. The molecule has 0 unspecified atom stereocenters. The molecule has 9 nitrogen and oxygen atoms in total. The number of hydrogen-bond acceptors (Lipinski definition) is 7. The number of piperazine rings is 1. The summed E-state index contributed by atoms with van der Waals surface area (Å²) >= 11 is 26.2. The molecular formula is C33H32Cl4FN7O2. The second-order valence-electron chi connectivity index (χ2n) is 12.1. The Morgan fingerprint density at radius 2 is 1.83 bits per heavy atom. The number of fused-ring (bicyclic) bond motifs is 1. The normalized spacial score (nSPS) is 19.7. The molecule has 0 aliphatic carbocycles. The lowest BCUT2D eigenvalue weighted by atomic mass is 9.94. The standard InChI is InChI=1S/C33H32Cl4FN7O2/c1-7-21(46)44-16(5)12-43(13-17(44)6)31-18-10-20(34)29(22-23(35)25(37)26(38)27(40)24(22)36)42-32(18)45(33(47)19(31)11-39)30-15(4)8-9-41-28(30)14(2)3/h7-10,14,16-17,28,41H,1,12-13,40H2,2-6H3/t16-,17+,28-/m1/s1. The highest BCUT2D eigenvalue weighted by atomic mass is 35.5. The summed E-state index contributed by atoms with van der Waals surface area (Å²) in [5.41, 5.74) is 6.60. The fourth-order valence-corrected chi connectivity index (χ4v) is 7.54. The summed E-state index contributed by atoms with van der Waals surface area (Å²) in [6.45, 7) is 13.9. The largest absolute Gasteiger partial charge is 0.395 e. The highest BCUT2D eigenvalue weighted by molar-refractivity contribution is 6.48. The number of nitrogens with two attached hydrogens (primary N) is 1. The van der Waals surface area contributed by atoms with E-state index >= 15 is 0 Å². The minimum Gasteiger partial charge on any atom is -0.395 e. The van der Waals surface area contributed by atoms with Crippen LogP contribution in [-0.2, 0) is 4.79 Å². The van der Waals surface area contributed by atoms with Gasteiger partial charge < -0.3 is 20.9 Å². The minimum atomic E-state index is -0.988. The first-order valence-electron chi connectivity index (χ1n) is 14.8. The van der Waals surface area contributed by atoms with Gasteiger partial charge in [-0.05, 0) is 56.7 Å². The van der Waals surface area contributed by atoms with Gasteiger partial charge in [0.2, 0.25) is 5.91 Å². The van der Waals surface area contributed by atoms with E-state index in [1.807, 2.05) is 51.8 Å². The molecule has 1 fully saturated rings. The third-order valence-electron chi connectivity index (χ3n) is 8.60. The predicted molar refractivity (Wildman–Crippen MR) is 189 cm³/mol. The zero-order valence-electron chi connectivity index (χ0n) is 26.3. The molecule has 1 amide bonds. The number of amides is 1. The van der Waals surface area contributed by atoms with E-state index in [2.05, 4.69) is 18.0 Å². The average molecular weight is 719 g/mol. The predicted octanol–water partition coefficient (Wildman–Crippen LogP) is 7.25. The lowest BCUT2D eigenvalue weighted by Gasteiger charge is -2.45. The van der Waals surface area contributed by atoms with E-state index in [0.717, 1.165) is 5.57 Å². The van der Waals surface area contributed by atoms with Gasteiger partial charge in [-0.1, -0.05) is 66.8 Å². The van der Waals surface area contributed by atoms with E-state index in [9.17, 15) is 19.2 Å². The lowest BCUT2D eigenvalue weighted by molar-refractivity contribution is -0.130. The molecule has 0 bridgehead atoms. The summed E-state index contributed by atoms with van der Waals surface area (Å²) in [5, 5.41) is 13.3. The van der Waals surface area contributed by atoms with Crippen LogP contribution in [0.2, 0.25) is 20.1 Å². The van der Waals surface area contributed by atoms with Gasteiger partial charge in [0.05, 0.1) is 48.9 Å². The fourth-order valence-electron chi connectivity index (χ4n) is 6.51. The lowest BCUT2D eigenvalue weighted by Crippen LogP contribution is -2.58. The molecule has 3 aromatic rings. The molecule has 3 atom stereocenters. The Morgan fingerprint density at radius 3 is 2.40 bits per heavy atom. The van der Waals surface area contributed by atoms with E-state index in [4.69, 9.17) is 57.1 Å². The number of rotatable bonds is 5. The molecular weight excluding hydrogens is 687 g/mol. The second kappa shape index (κ2) is 13.0. The van der Waals surface area contributed by atoms with Crippen molar-refractivity contribution >= 4 is 80.4 Å². The quantitative estimate of drug-likeness (QED) is 0.123. The zero-order valence-corrected chi connectivity index (χ0v) is 29.3. The van der Waals surface area contributed by atoms with E-state index < -0.39 is 22.1 Å². The van der Waals surface area contributed by atoms with E-state index in [1.54, 1.807) is 11.0 Å². The molecule has 246 valence electrons. The van der Waals surface area contributed by atoms with E-state index in [0.29, 0.717) is 29.9 Å². The SMILES string of the molecule is C=CC(=O)N1[C@H](C)CN(c2c(C#N)c(=O)n(C3=C(C)C=CN[C@@H]3C(C)C)c3nc(-c4c(Cl)c(N)c(F)c(Cl)c4Cl)c(Cl)cc23)C[C@@H]1C. The van der Waals surface area contributed by atoms with Crippen LogP contribution in [0.3, 0.4) is 0 Å². The zero-order chi connectivity index (χ0) is 34.6. The molecule has 14 heteroatoms. The van der Waals surface area contributed by atoms with Crippen molar-refractivity contribution in [3.63, 3.8) is 0 Å². The topological polar surface area (TPSA) is 120 Å². The molecule has 1 aromatic carbocycles. The van der Waals surface area contributed by atoms with Crippen LogP contribution in [0, 0.1) is 23.1 Å². The van der Waals surface area contributed by atoms with Gasteiger partial charge in [0, 0.05) is 36.1 Å². The van der Waals surface area contributed by atoms with Crippen molar-refractivity contribution in [2.24, 2.45) is 5.92 Å². The number of carbonyl (C=O) groups is 1. The van der Waals surface area contributed by atoms with Crippen molar-refractivity contribution < 1.29 is 9.18 Å². The summed E-state index contributed by atoms with van der Waals surface area (Å²) in [5.74, 6) is -1.19. The van der Waals surface area contributed by atoms with Crippen molar-refractivity contribution in [3.05, 3.63) is 78.4 Å². The highest BCUT2D eigenvalue weighted by Gasteiger charge is 2.36. The Kier molecular flexibility index (Phi) is 9.59. The number of pyridine rings is 2. The Balaban J connectivity index is 1.92. The third-order valence-corrected chi connectivity index (χ3v) is 10.1. The van der Waals surface area contributed by atoms with Crippen molar-refractivity contribution in [1.29, 1.82) is 5.26 Å². The summed E-state index contributed by atoms with van der Waals surface area (Å²) in [6.07, 6.45) is 4.90. The van der Waals surface area contributed by atoms with Gasteiger partial charge in [-0.2, -0.15) is 5.26 Å². The van der Waals surface area contributed by atoms with Crippen molar-refractivity contribution in [1.82, 2.24) is 19.8 Å². The van der Waals surface area contributed by atoms with Crippen LogP contribution in [0.25, 0.3) is 28.0 Å². The Morgan fingerprint density at radius 1 is 1.19 bits per heavy atom. The van der Waals surface area contributed by atoms with Gasteiger partial charge in [0.15, 0.2) is 5.82 Å². The maximum Gasteiger partial charge on any atom is 0.276 e. The summed E-state index contributed by atoms with van der Waals surface area (Å²) in [7, 11) is 0. The van der Waals surface area contributed by atoms with Crippen LogP contribution in [0.5, 0.6) is 0 Å². The van der Waals surface area contributed by atoms with Crippen molar-refractivity contribution in [3.8, 4) is 17.3 Å². The summed E-state index contributed by atoms with van der Waals surface area (Å²) < 4.78 is 16.1. The first-order chi connectivity index (χ1) is 22.2. The van der Waals surface area contributed by atoms with Gasteiger partial charge in [-0.3, -0.25) is 14.2 Å². The third kappa shape index (κ3) is 5.63. The Hall–Kier alpha value is -3.75. The van der Waals surface area contributed by atoms with Gasteiger partial charge in [0.1, 0.15) is 17.3 Å². The molecule has 2 aliphatic heterocycles. The number of aromatic nitrogens is 2. The smallest absolute Gasteiger partial charge is 0.276 e. The van der Waals surface area contributed by atoms with Crippen LogP contribution < -0.4 is 21.5 Å². The van der Waals surface area contributed by atoms with Crippen molar-refractivity contribution in [2.75, 3.05) is 23.7 Å². The minimum absolute atomic E-state index is 0.00775. The fraction of sp³-hybridized carbons (Fsp3) is 0.333. The number of nitrogen functional groups attached to an aromatic ring is 1. The molecule has 0 spiro atoms. The molecule has 47 heavy (non-hydrogen) atoms. The molecule has 4 heterocycles. The molecule has 3 N–H and O–H groups in total. The van der Waals surface area contributed by atoms with Gasteiger partial charge in [0.25, 0.3) is 5.56 Å². The van der Waals surface area contributed by atoms with Crippen LogP contribution in [0.4, 0.5) is 15.8 Å². The summed E-state index contributed by atoms with van der Waals surface area (Å²) in [4.78, 5) is 35.8. The van der Waals surface area contributed by atoms with Gasteiger partial charge in [-0.25, -0.2) is 9.37 Å². The van der Waals surface area contributed by atoms with Crippen molar-refractivity contribution in [2.45, 2.75) is 52.7 Å². The molecule has 0 saturated carbocycles. The molecule has 2 aliphatic rings. The van der Waals surface area contributed by atoms with Gasteiger partial charge >= 0.3 is 0 Å². The molecule has 2 aromatic heterocycles. The van der Waals surface area contributed by atoms with Gasteiger partial charge in [-0.15, -0.1) is 0 Å². The average Bonchev–Trinajstić information content (AvgIpc) is 3.02. The van der Waals surface area contributed by atoms with Crippen LogP contribution in [-0.4, -0.2) is 51.6 Å². The van der Waals surface area contributed by atoms with E-state index in [-0.39, 0.29) is 67.5 Å². The Bertz CT molecular complexity index is 1980. The first kappa shape index (κ1) is 34.6. The number of dihydropyridines is 1. The number of halogens is 5. The summed E-state index contributed by atoms with van der Waals surface area (Å²) in [6, 6.07) is 2.81.